The number of carbonyl (C=O) groups excluding carboxylic acids is 1. The Morgan fingerprint density at radius 2 is 1.56 bits per heavy atom. The van der Waals surface area contributed by atoms with Gasteiger partial charge in [0, 0.05) is 25.2 Å². The standard InChI is InChI=1S/C20H25F3N2O2/c21-20(22,23)27-18-8-4-14(5-9-18)15-12-16-6-7-17(13-15)25(16)19(26)24-10-2-1-3-11-24/h4-5,8-9,15-17H,1-3,6-7,10-13H2/t15?,16-,17+. The smallest absolute Gasteiger partial charge is 0.406 e. The fourth-order valence-electron chi connectivity index (χ4n) is 4.95. The highest BCUT2D eigenvalue weighted by Gasteiger charge is 2.44. The number of piperidine rings is 2. The number of carbonyl (C=O) groups is 1. The maximum Gasteiger partial charge on any atom is 0.573 e. The van der Waals surface area contributed by atoms with Crippen LogP contribution in [0, 0.1) is 0 Å². The number of fused-ring (bicyclic) bond motifs is 2. The first-order chi connectivity index (χ1) is 12.9. The third-order valence-electron chi connectivity index (χ3n) is 6.17. The van der Waals surface area contributed by atoms with Crippen LogP contribution in [-0.2, 0) is 0 Å². The topological polar surface area (TPSA) is 32.8 Å². The average molecular weight is 382 g/mol. The second-order valence-corrected chi connectivity index (χ2v) is 7.91. The fourth-order valence-corrected chi connectivity index (χ4v) is 4.95. The van der Waals surface area contributed by atoms with E-state index in [-0.39, 0.29) is 29.8 Å². The van der Waals surface area contributed by atoms with E-state index in [2.05, 4.69) is 9.64 Å². The van der Waals surface area contributed by atoms with Crippen LogP contribution >= 0.6 is 0 Å². The number of ether oxygens (including phenoxy) is 1. The van der Waals surface area contributed by atoms with Crippen molar-refractivity contribution in [2.24, 2.45) is 0 Å². The van der Waals surface area contributed by atoms with Gasteiger partial charge in [0.1, 0.15) is 5.75 Å². The number of nitrogens with zero attached hydrogens (tertiary/aromatic N) is 2. The van der Waals surface area contributed by atoms with Gasteiger partial charge in [0.2, 0.25) is 0 Å². The number of alkyl halides is 3. The van der Waals surface area contributed by atoms with Crippen LogP contribution < -0.4 is 4.74 Å². The van der Waals surface area contributed by atoms with Gasteiger partial charge >= 0.3 is 12.4 Å². The van der Waals surface area contributed by atoms with Crippen molar-refractivity contribution in [1.82, 2.24) is 9.80 Å². The van der Waals surface area contributed by atoms with E-state index in [9.17, 15) is 18.0 Å². The van der Waals surface area contributed by atoms with Crippen molar-refractivity contribution in [3.8, 4) is 5.75 Å². The van der Waals surface area contributed by atoms with Crippen LogP contribution in [0.3, 0.4) is 0 Å². The molecule has 1 unspecified atom stereocenters. The van der Waals surface area contributed by atoms with E-state index in [1.54, 1.807) is 12.1 Å². The van der Waals surface area contributed by atoms with E-state index >= 15 is 0 Å². The lowest BCUT2D eigenvalue weighted by atomic mass is 9.85. The molecule has 0 aliphatic carbocycles. The number of hydrogen-bond donors (Lipinski definition) is 0. The summed E-state index contributed by atoms with van der Waals surface area (Å²) in [7, 11) is 0. The number of urea groups is 1. The summed E-state index contributed by atoms with van der Waals surface area (Å²) in [5.41, 5.74) is 1.03. The fraction of sp³-hybridized carbons (Fsp3) is 0.650. The number of likely N-dealkylation sites (tertiary alicyclic amines) is 1. The molecule has 2 bridgehead atoms. The molecule has 1 aromatic rings. The highest BCUT2D eigenvalue weighted by Crippen LogP contribution is 2.44. The van der Waals surface area contributed by atoms with E-state index < -0.39 is 6.36 Å². The number of rotatable bonds is 2. The molecule has 3 aliphatic heterocycles. The van der Waals surface area contributed by atoms with Crippen molar-refractivity contribution in [2.75, 3.05) is 13.1 Å². The van der Waals surface area contributed by atoms with Crippen LogP contribution in [0.4, 0.5) is 18.0 Å². The average Bonchev–Trinajstić information content (AvgIpc) is 2.90. The number of halogens is 3. The number of hydrogen-bond acceptors (Lipinski definition) is 2. The molecule has 4 rings (SSSR count). The monoisotopic (exact) mass is 382 g/mol. The summed E-state index contributed by atoms with van der Waals surface area (Å²) in [5, 5.41) is 0. The largest absolute Gasteiger partial charge is 0.573 e. The molecule has 3 saturated heterocycles. The zero-order valence-electron chi connectivity index (χ0n) is 15.3. The quantitative estimate of drug-likeness (QED) is 0.729. The Bertz CT molecular complexity index is 657. The molecule has 27 heavy (non-hydrogen) atoms. The van der Waals surface area contributed by atoms with Gasteiger partial charge in [-0.25, -0.2) is 4.79 Å². The van der Waals surface area contributed by atoms with Crippen molar-refractivity contribution >= 4 is 6.03 Å². The van der Waals surface area contributed by atoms with Crippen LogP contribution in [0.15, 0.2) is 24.3 Å². The zero-order chi connectivity index (χ0) is 19.0. The maximum absolute atomic E-state index is 13.0. The Morgan fingerprint density at radius 1 is 0.963 bits per heavy atom. The molecule has 0 radical (unpaired) electrons. The van der Waals surface area contributed by atoms with Gasteiger partial charge < -0.3 is 14.5 Å². The molecule has 3 atom stereocenters. The summed E-state index contributed by atoms with van der Waals surface area (Å²) < 4.78 is 40.9. The first kappa shape index (κ1) is 18.4. The van der Waals surface area contributed by atoms with E-state index in [0.29, 0.717) is 0 Å². The lowest BCUT2D eigenvalue weighted by molar-refractivity contribution is -0.274. The molecule has 3 heterocycles. The molecule has 0 spiro atoms. The molecule has 4 nitrogen and oxygen atoms in total. The summed E-state index contributed by atoms with van der Waals surface area (Å²) in [4.78, 5) is 17.1. The van der Waals surface area contributed by atoms with Gasteiger partial charge in [-0.15, -0.1) is 13.2 Å². The molecule has 1 aromatic carbocycles. The van der Waals surface area contributed by atoms with Gasteiger partial charge in [0.05, 0.1) is 0 Å². The summed E-state index contributed by atoms with van der Waals surface area (Å²) in [5.74, 6) is 0.0970. The minimum absolute atomic E-state index is 0.188. The Kier molecular flexibility index (Phi) is 4.95. The van der Waals surface area contributed by atoms with Crippen LogP contribution in [0.5, 0.6) is 5.75 Å². The normalized spacial score (nSPS) is 28.3. The van der Waals surface area contributed by atoms with Crippen molar-refractivity contribution in [2.45, 2.75) is 69.3 Å². The minimum atomic E-state index is -4.67. The molecule has 3 fully saturated rings. The van der Waals surface area contributed by atoms with Gasteiger partial charge in [0.25, 0.3) is 0 Å². The summed E-state index contributed by atoms with van der Waals surface area (Å²) in [6.45, 7) is 1.72. The molecule has 0 aromatic heterocycles. The molecule has 0 N–H and O–H groups in total. The Morgan fingerprint density at radius 3 is 2.11 bits per heavy atom. The van der Waals surface area contributed by atoms with E-state index in [1.807, 2.05) is 4.90 Å². The van der Waals surface area contributed by atoms with Gasteiger partial charge in [-0.05, 0) is 68.6 Å². The number of amides is 2. The molecule has 148 valence electrons. The molecular weight excluding hydrogens is 357 g/mol. The third-order valence-corrected chi connectivity index (χ3v) is 6.17. The third kappa shape index (κ3) is 4.01. The lowest BCUT2D eigenvalue weighted by Crippen LogP contribution is -2.53. The predicted molar refractivity (Wildman–Crippen MR) is 94.6 cm³/mol. The van der Waals surface area contributed by atoms with E-state index in [0.717, 1.165) is 57.2 Å². The number of benzene rings is 1. The summed E-state index contributed by atoms with van der Waals surface area (Å²) >= 11 is 0. The molecule has 0 saturated carbocycles. The van der Waals surface area contributed by atoms with Crippen LogP contribution in [-0.4, -0.2) is 47.4 Å². The Balaban J connectivity index is 1.41. The minimum Gasteiger partial charge on any atom is -0.406 e. The second kappa shape index (κ2) is 7.24. The van der Waals surface area contributed by atoms with Crippen molar-refractivity contribution in [3.05, 3.63) is 29.8 Å². The molecular formula is C20H25F3N2O2. The first-order valence-corrected chi connectivity index (χ1v) is 9.83. The highest BCUT2D eigenvalue weighted by molar-refractivity contribution is 5.76. The lowest BCUT2D eigenvalue weighted by Gasteiger charge is -2.42. The Labute approximate surface area is 157 Å². The van der Waals surface area contributed by atoms with E-state index in [4.69, 9.17) is 0 Å². The summed E-state index contributed by atoms with van der Waals surface area (Å²) in [6.07, 6.45) is 2.53. The van der Waals surface area contributed by atoms with Gasteiger partial charge in [-0.1, -0.05) is 12.1 Å². The van der Waals surface area contributed by atoms with Gasteiger partial charge in [-0.3, -0.25) is 0 Å². The van der Waals surface area contributed by atoms with Crippen molar-refractivity contribution < 1.29 is 22.7 Å². The van der Waals surface area contributed by atoms with Gasteiger partial charge in [0.15, 0.2) is 0 Å². The highest BCUT2D eigenvalue weighted by atomic mass is 19.4. The van der Waals surface area contributed by atoms with Crippen LogP contribution in [0.1, 0.15) is 56.4 Å². The maximum atomic E-state index is 13.0. The second-order valence-electron chi connectivity index (χ2n) is 7.91. The van der Waals surface area contributed by atoms with Crippen molar-refractivity contribution in [1.29, 1.82) is 0 Å². The van der Waals surface area contributed by atoms with Crippen LogP contribution in [0.2, 0.25) is 0 Å². The zero-order valence-corrected chi connectivity index (χ0v) is 15.3. The SMILES string of the molecule is O=C(N1CCCCC1)N1[C@@H]2CC[C@H]1CC(c1ccc(OC(F)(F)F)cc1)C2. The van der Waals surface area contributed by atoms with Crippen LogP contribution in [0.25, 0.3) is 0 Å². The predicted octanol–water partition coefficient (Wildman–Crippen LogP) is 4.90. The Hall–Kier alpha value is -1.92. The molecule has 3 aliphatic rings. The van der Waals surface area contributed by atoms with E-state index in [1.165, 1.54) is 18.6 Å². The molecule has 7 heteroatoms. The van der Waals surface area contributed by atoms with Crippen molar-refractivity contribution in [3.63, 3.8) is 0 Å². The first-order valence-electron chi connectivity index (χ1n) is 9.83. The summed E-state index contributed by atoms with van der Waals surface area (Å²) in [6, 6.07) is 6.91. The van der Waals surface area contributed by atoms with Gasteiger partial charge in [-0.2, -0.15) is 0 Å². The molecule has 2 amide bonds.